The molecule has 0 amide bonds. The summed E-state index contributed by atoms with van der Waals surface area (Å²) < 4.78 is 2.42. The van der Waals surface area contributed by atoms with E-state index in [1.807, 2.05) is 0 Å². The van der Waals surface area contributed by atoms with E-state index in [1.165, 1.54) is 49.8 Å². The third-order valence-electron chi connectivity index (χ3n) is 5.21. The van der Waals surface area contributed by atoms with Gasteiger partial charge in [0.1, 0.15) is 6.54 Å². The van der Waals surface area contributed by atoms with Crippen molar-refractivity contribution >= 4 is 0 Å². The van der Waals surface area contributed by atoms with Crippen LogP contribution in [0.25, 0.3) is 0 Å². The number of hydrogen-bond donors (Lipinski definition) is 3. The summed E-state index contributed by atoms with van der Waals surface area (Å²) in [4.78, 5) is 0. The lowest BCUT2D eigenvalue weighted by atomic mass is 10.0. The van der Waals surface area contributed by atoms with Gasteiger partial charge in [-0.1, -0.05) is 32.1 Å². The first-order chi connectivity index (χ1) is 13.3. The zero-order valence-corrected chi connectivity index (χ0v) is 17.2. The highest BCUT2D eigenvalue weighted by molar-refractivity contribution is 5.13. The molecule has 1 rings (SSSR count). The summed E-state index contributed by atoms with van der Waals surface area (Å²) in [6.45, 7) is 1.98. The third kappa shape index (κ3) is 12.2. The first-order valence-electron chi connectivity index (χ1n) is 11.2. The van der Waals surface area contributed by atoms with Crippen LogP contribution in [0, 0.1) is 0 Å². The SMILES string of the molecule is OCCCCCCc1cc[n+](CCCCCCO)c(CCCCCCO)c1. The van der Waals surface area contributed by atoms with Gasteiger partial charge in [-0.2, -0.15) is 0 Å². The molecule has 0 aliphatic carbocycles. The second-order valence-corrected chi connectivity index (χ2v) is 7.63. The monoisotopic (exact) mass is 380 g/mol. The maximum atomic E-state index is 8.92. The van der Waals surface area contributed by atoms with Crippen molar-refractivity contribution in [2.24, 2.45) is 0 Å². The van der Waals surface area contributed by atoms with E-state index in [2.05, 4.69) is 22.9 Å². The molecular formula is C23H42NO3+. The normalized spacial score (nSPS) is 11.2. The Morgan fingerprint density at radius 3 is 1.70 bits per heavy atom. The van der Waals surface area contributed by atoms with Crippen LogP contribution in [0.2, 0.25) is 0 Å². The molecule has 0 aromatic carbocycles. The number of nitrogens with zero attached hydrogens (tertiary/aromatic N) is 1. The average Bonchev–Trinajstić information content (AvgIpc) is 2.68. The molecule has 0 unspecified atom stereocenters. The zero-order valence-electron chi connectivity index (χ0n) is 17.2. The van der Waals surface area contributed by atoms with Crippen LogP contribution in [0.4, 0.5) is 0 Å². The van der Waals surface area contributed by atoms with Crippen LogP contribution in [0.3, 0.4) is 0 Å². The van der Waals surface area contributed by atoms with Crippen LogP contribution in [-0.4, -0.2) is 35.1 Å². The van der Waals surface area contributed by atoms with Gasteiger partial charge in [-0.15, -0.1) is 0 Å². The molecule has 27 heavy (non-hydrogen) atoms. The summed E-state index contributed by atoms with van der Waals surface area (Å²) in [5.74, 6) is 0. The van der Waals surface area contributed by atoms with Crippen LogP contribution in [0.1, 0.15) is 88.3 Å². The van der Waals surface area contributed by atoms with Gasteiger partial charge in [0.15, 0.2) is 11.9 Å². The number of aromatic nitrogens is 1. The van der Waals surface area contributed by atoms with Crippen molar-refractivity contribution < 1.29 is 19.9 Å². The minimum atomic E-state index is 0.305. The fourth-order valence-electron chi connectivity index (χ4n) is 3.53. The summed E-state index contributed by atoms with van der Waals surface area (Å²) in [7, 11) is 0. The number of hydrogen-bond acceptors (Lipinski definition) is 3. The highest BCUT2D eigenvalue weighted by atomic mass is 16.3. The molecule has 1 heterocycles. The quantitative estimate of drug-likeness (QED) is 0.269. The maximum absolute atomic E-state index is 8.92. The van der Waals surface area contributed by atoms with Crippen molar-refractivity contribution in [2.75, 3.05) is 19.8 Å². The minimum absolute atomic E-state index is 0.305. The molecular weight excluding hydrogens is 338 g/mol. The van der Waals surface area contributed by atoms with Gasteiger partial charge < -0.3 is 15.3 Å². The molecule has 3 N–H and O–H groups in total. The standard InChI is InChI=1S/C23H42NO3/c25-18-10-4-1-7-13-22-15-17-24(16-9-3-6-12-20-27)23(21-22)14-8-2-5-11-19-26/h15,17,21,25-27H,1-14,16,18-20H2/q+1. The van der Waals surface area contributed by atoms with Crippen LogP contribution in [-0.2, 0) is 19.4 Å². The number of aryl methyl sites for hydroxylation is 3. The third-order valence-corrected chi connectivity index (χ3v) is 5.21. The first kappa shape index (κ1) is 24.1. The van der Waals surface area contributed by atoms with Gasteiger partial charge in [0, 0.05) is 44.8 Å². The number of aliphatic hydroxyl groups excluding tert-OH is 3. The Morgan fingerprint density at radius 2 is 1.11 bits per heavy atom. The Kier molecular flexibility index (Phi) is 15.3. The van der Waals surface area contributed by atoms with E-state index in [0.29, 0.717) is 19.8 Å². The second-order valence-electron chi connectivity index (χ2n) is 7.63. The molecule has 0 radical (unpaired) electrons. The maximum Gasteiger partial charge on any atom is 0.181 e. The summed E-state index contributed by atoms with van der Waals surface area (Å²) in [6, 6.07) is 4.67. The highest BCUT2D eigenvalue weighted by Gasteiger charge is 2.11. The molecule has 0 saturated heterocycles. The predicted molar refractivity (Wildman–Crippen MR) is 111 cm³/mol. The Balaban J connectivity index is 2.52. The van der Waals surface area contributed by atoms with Gasteiger partial charge in [-0.05, 0) is 50.5 Å². The zero-order chi connectivity index (χ0) is 19.6. The lowest BCUT2D eigenvalue weighted by molar-refractivity contribution is -0.704. The summed E-state index contributed by atoms with van der Waals surface area (Å²) in [5, 5.41) is 26.7. The molecule has 0 bridgehead atoms. The molecule has 4 heteroatoms. The summed E-state index contributed by atoms with van der Waals surface area (Å²) in [5.41, 5.74) is 2.87. The molecule has 0 aliphatic rings. The average molecular weight is 381 g/mol. The van der Waals surface area contributed by atoms with E-state index in [0.717, 1.165) is 57.9 Å². The smallest absolute Gasteiger partial charge is 0.181 e. The van der Waals surface area contributed by atoms with Gasteiger partial charge in [-0.25, -0.2) is 4.57 Å². The van der Waals surface area contributed by atoms with Crippen molar-refractivity contribution in [1.29, 1.82) is 0 Å². The molecule has 0 spiro atoms. The van der Waals surface area contributed by atoms with Gasteiger partial charge in [0.25, 0.3) is 0 Å². The molecule has 0 saturated carbocycles. The summed E-state index contributed by atoms with van der Waals surface area (Å²) >= 11 is 0. The van der Waals surface area contributed by atoms with Crippen LogP contribution in [0.15, 0.2) is 18.3 Å². The lowest BCUT2D eigenvalue weighted by Gasteiger charge is -2.08. The van der Waals surface area contributed by atoms with Gasteiger partial charge in [0.2, 0.25) is 0 Å². The molecule has 0 atom stereocenters. The number of pyridine rings is 1. The van der Waals surface area contributed by atoms with Crippen molar-refractivity contribution in [1.82, 2.24) is 0 Å². The second kappa shape index (κ2) is 17.2. The fourth-order valence-corrected chi connectivity index (χ4v) is 3.53. The Labute approximate surface area is 166 Å². The van der Waals surface area contributed by atoms with Crippen LogP contribution < -0.4 is 4.57 Å². The number of aliphatic hydroxyl groups is 3. The molecule has 1 aromatic rings. The van der Waals surface area contributed by atoms with E-state index in [1.54, 1.807) is 0 Å². The Bertz CT molecular complexity index is 465. The van der Waals surface area contributed by atoms with E-state index < -0.39 is 0 Å². The summed E-state index contributed by atoms with van der Waals surface area (Å²) in [6.07, 6.45) is 17.7. The number of rotatable bonds is 18. The molecule has 1 aromatic heterocycles. The van der Waals surface area contributed by atoms with Gasteiger partial charge in [-0.3, -0.25) is 0 Å². The van der Waals surface area contributed by atoms with E-state index in [-0.39, 0.29) is 0 Å². The largest absolute Gasteiger partial charge is 0.396 e. The molecule has 0 aliphatic heterocycles. The Hall–Kier alpha value is -0.970. The van der Waals surface area contributed by atoms with E-state index in [4.69, 9.17) is 15.3 Å². The first-order valence-corrected chi connectivity index (χ1v) is 11.2. The van der Waals surface area contributed by atoms with Crippen LogP contribution in [0.5, 0.6) is 0 Å². The van der Waals surface area contributed by atoms with E-state index in [9.17, 15) is 0 Å². The minimum Gasteiger partial charge on any atom is -0.396 e. The Morgan fingerprint density at radius 1 is 0.593 bits per heavy atom. The molecule has 4 nitrogen and oxygen atoms in total. The van der Waals surface area contributed by atoms with Crippen molar-refractivity contribution in [2.45, 2.75) is 96.4 Å². The predicted octanol–water partition coefficient (Wildman–Crippen LogP) is 3.72. The van der Waals surface area contributed by atoms with Crippen molar-refractivity contribution in [3.8, 4) is 0 Å². The van der Waals surface area contributed by atoms with Crippen molar-refractivity contribution in [3.63, 3.8) is 0 Å². The number of unbranched alkanes of at least 4 members (excludes halogenated alkanes) is 9. The molecule has 156 valence electrons. The van der Waals surface area contributed by atoms with Crippen LogP contribution >= 0.6 is 0 Å². The topological polar surface area (TPSA) is 64.6 Å². The fraction of sp³-hybridized carbons (Fsp3) is 0.783. The lowest BCUT2D eigenvalue weighted by Crippen LogP contribution is -2.38. The van der Waals surface area contributed by atoms with E-state index >= 15 is 0 Å². The van der Waals surface area contributed by atoms with Crippen molar-refractivity contribution in [3.05, 3.63) is 29.6 Å². The molecule has 0 fully saturated rings. The van der Waals surface area contributed by atoms with Gasteiger partial charge in [0.05, 0.1) is 0 Å². The highest BCUT2D eigenvalue weighted by Crippen LogP contribution is 2.11. The van der Waals surface area contributed by atoms with Gasteiger partial charge >= 0.3 is 0 Å².